The van der Waals surface area contributed by atoms with Gasteiger partial charge in [-0.3, -0.25) is 0 Å². The van der Waals surface area contributed by atoms with Crippen LogP contribution in [-0.2, 0) is 0 Å². The third kappa shape index (κ3) is 9.22. The van der Waals surface area contributed by atoms with Gasteiger partial charge in [0.2, 0.25) is 0 Å². The van der Waals surface area contributed by atoms with Crippen molar-refractivity contribution in [2.75, 3.05) is 0 Å². The van der Waals surface area contributed by atoms with Gasteiger partial charge in [-0.05, 0) is 19.3 Å². The number of hydrogen-bond donors (Lipinski definition) is 0. The molecule has 0 heterocycles. The molecule has 0 heteroatoms. The molecule has 0 N–H and O–H groups in total. The van der Waals surface area contributed by atoms with E-state index in [1.54, 1.807) is 0 Å². The summed E-state index contributed by atoms with van der Waals surface area (Å²) in [5.74, 6) is 0. The second-order valence-electron chi connectivity index (χ2n) is 2.85. The van der Waals surface area contributed by atoms with Gasteiger partial charge in [0.15, 0.2) is 0 Å². The van der Waals surface area contributed by atoms with Crippen molar-refractivity contribution in [3.05, 3.63) is 37.0 Å². The third-order valence-electron chi connectivity index (χ3n) is 1.63. The van der Waals surface area contributed by atoms with Crippen molar-refractivity contribution in [3.8, 4) is 0 Å². The van der Waals surface area contributed by atoms with Crippen LogP contribution in [0.15, 0.2) is 37.0 Å². The van der Waals surface area contributed by atoms with Crippen LogP contribution in [0.5, 0.6) is 0 Å². The summed E-state index contributed by atoms with van der Waals surface area (Å²) in [6.45, 7) is 5.87. The predicted octanol–water partition coefficient (Wildman–Crippen LogP) is 4.26. The lowest BCUT2D eigenvalue weighted by atomic mass is 10.2. The first kappa shape index (κ1) is 11.2. The Bertz CT molecular complexity index is 140. The van der Waals surface area contributed by atoms with Crippen LogP contribution < -0.4 is 0 Å². The van der Waals surface area contributed by atoms with Crippen LogP contribution >= 0.6 is 0 Å². The van der Waals surface area contributed by atoms with Gasteiger partial charge >= 0.3 is 0 Å². The summed E-state index contributed by atoms with van der Waals surface area (Å²) >= 11 is 0. The Morgan fingerprint density at radius 2 is 1.67 bits per heavy atom. The van der Waals surface area contributed by atoms with Crippen LogP contribution in [0.4, 0.5) is 0 Å². The van der Waals surface area contributed by atoms with Crippen LogP contribution in [0.3, 0.4) is 0 Å². The molecule has 0 aliphatic carbocycles. The SMILES string of the molecule is C=CCC=CCC=CCCCC. The monoisotopic (exact) mass is 164 g/mol. The molecule has 0 nitrogen and oxygen atoms in total. The van der Waals surface area contributed by atoms with E-state index in [1.807, 2.05) is 6.08 Å². The Morgan fingerprint density at radius 3 is 2.33 bits per heavy atom. The predicted molar refractivity (Wildman–Crippen MR) is 57.2 cm³/mol. The first-order valence-electron chi connectivity index (χ1n) is 4.82. The summed E-state index contributed by atoms with van der Waals surface area (Å²) in [6.07, 6.45) is 16.6. The molecule has 0 aliphatic rings. The quantitative estimate of drug-likeness (QED) is 0.389. The van der Waals surface area contributed by atoms with E-state index in [-0.39, 0.29) is 0 Å². The van der Waals surface area contributed by atoms with Crippen LogP contribution in [0.2, 0.25) is 0 Å². The molecule has 0 radical (unpaired) electrons. The van der Waals surface area contributed by atoms with Crippen LogP contribution in [0.25, 0.3) is 0 Å². The summed E-state index contributed by atoms with van der Waals surface area (Å²) in [4.78, 5) is 0. The minimum absolute atomic E-state index is 0.989. The average Bonchev–Trinajstić information content (AvgIpc) is 2.10. The summed E-state index contributed by atoms with van der Waals surface area (Å²) < 4.78 is 0. The molecule has 68 valence electrons. The molecule has 0 aliphatic heterocycles. The number of allylic oxidation sites excluding steroid dienone is 5. The smallest absolute Gasteiger partial charge is 0.0169 e. The molecule has 0 fully saturated rings. The molecule has 0 saturated carbocycles. The molecule has 0 rings (SSSR count). The van der Waals surface area contributed by atoms with Crippen molar-refractivity contribution in [3.63, 3.8) is 0 Å². The number of hydrogen-bond acceptors (Lipinski definition) is 0. The molecule has 0 saturated heterocycles. The van der Waals surface area contributed by atoms with E-state index in [0.717, 1.165) is 12.8 Å². The Labute approximate surface area is 76.7 Å². The molecule has 12 heavy (non-hydrogen) atoms. The first-order valence-corrected chi connectivity index (χ1v) is 4.82. The topological polar surface area (TPSA) is 0 Å². The summed E-state index contributed by atoms with van der Waals surface area (Å²) in [7, 11) is 0. The molecule has 0 aromatic rings. The largest absolute Gasteiger partial charge is 0.103 e. The standard InChI is InChI=1S/C12H20/c1-3-5-7-9-11-12-10-8-6-4-2/h3,7,9-10,12H,1,4-6,8,11H2,2H3. The Balaban J connectivity index is 3.17. The average molecular weight is 164 g/mol. The Morgan fingerprint density at radius 1 is 1.00 bits per heavy atom. The Hall–Kier alpha value is -0.780. The van der Waals surface area contributed by atoms with Gasteiger partial charge in [0, 0.05) is 0 Å². The molecular weight excluding hydrogens is 144 g/mol. The molecule has 0 bridgehead atoms. The van der Waals surface area contributed by atoms with Gasteiger partial charge in [0.25, 0.3) is 0 Å². The van der Waals surface area contributed by atoms with Crippen LogP contribution in [0.1, 0.15) is 39.0 Å². The highest BCUT2D eigenvalue weighted by molar-refractivity contribution is 4.95. The van der Waals surface area contributed by atoms with Gasteiger partial charge in [0.05, 0.1) is 0 Å². The minimum atomic E-state index is 0.989. The maximum absolute atomic E-state index is 3.65. The van der Waals surface area contributed by atoms with E-state index in [0.29, 0.717) is 0 Å². The fourth-order valence-corrected chi connectivity index (χ4v) is 0.903. The third-order valence-corrected chi connectivity index (χ3v) is 1.63. The van der Waals surface area contributed by atoms with E-state index in [4.69, 9.17) is 0 Å². The zero-order chi connectivity index (χ0) is 9.07. The fourth-order valence-electron chi connectivity index (χ4n) is 0.903. The van der Waals surface area contributed by atoms with Crippen molar-refractivity contribution >= 4 is 0 Å². The number of unbranched alkanes of at least 4 members (excludes halogenated alkanes) is 2. The first-order chi connectivity index (χ1) is 5.91. The van der Waals surface area contributed by atoms with Crippen molar-refractivity contribution in [1.29, 1.82) is 0 Å². The zero-order valence-electron chi connectivity index (χ0n) is 8.13. The molecule has 0 unspecified atom stereocenters. The van der Waals surface area contributed by atoms with Gasteiger partial charge in [-0.2, -0.15) is 0 Å². The highest BCUT2D eigenvalue weighted by atomic mass is 13.8. The lowest BCUT2D eigenvalue weighted by Gasteiger charge is -1.87. The molecule has 0 atom stereocenters. The van der Waals surface area contributed by atoms with Gasteiger partial charge in [-0.15, -0.1) is 6.58 Å². The van der Waals surface area contributed by atoms with E-state index >= 15 is 0 Å². The van der Waals surface area contributed by atoms with Crippen molar-refractivity contribution in [2.45, 2.75) is 39.0 Å². The van der Waals surface area contributed by atoms with Gasteiger partial charge in [-0.25, -0.2) is 0 Å². The maximum Gasteiger partial charge on any atom is -0.0169 e. The number of rotatable bonds is 7. The van der Waals surface area contributed by atoms with Crippen molar-refractivity contribution < 1.29 is 0 Å². The van der Waals surface area contributed by atoms with E-state index in [2.05, 4.69) is 37.8 Å². The van der Waals surface area contributed by atoms with E-state index in [9.17, 15) is 0 Å². The van der Waals surface area contributed by atoms with Crippen LogP contribution in [-0.4, -0.2) is 0 Å². The second-order valence-corrected chi connectivity index (χ2v) is 2.85. The Kier molecular flexibility index (Phi) is 9.56. The van der Waals surface area contributed by atoms with Gasteiger partial charge < -0.3 is 0 Å². The molecule has 0 spiro atoms. The molecule has 0 aromatic heterocycles. The van der Waals surface area contributed by atoms with Crippen molar-refractivity contribution in [1.82, 2.24) is 0 Å². The lowest BCUT2D eigenvalue weighted by Crippen LogP contribution is -1.66. The second kappa shape index (κ2) is 10.2. The lowest BCUT2D eigenvalue weighted by molar-refractivity contribution is 0.813. The molecule has 0 amide bonds. The minimum Gasteiger partial charge on any atom is -0.103 e. The van der Waals surface area contributed by atoms with E-state index < -0.39 is 0 Å². The normalized spacial score (nSPS) is 11.4. The van der Waals surface area contributed by atoms with Crippen LogP contribution in [0, 0.1) is 0 Å². The van der Waals surface area contributed by atoms with Gasteiger partial charge in [-0.1, -0.05) is 50.1 Å². The summed E-state index contributed by atoms with van der Waals surface area (Å²) in [6, 6.07) is 0. The molecular formula is C12H20. The zero-order valence-corrected chi connectivity index (χ0v) is 8.13. The highest BCUT2D eigenvalue weighted by Crippen LogP contribution is 1.96. The van der Waals surface area contributed by atoms with E-state index in [1.165, 1.54) is 19.3 Å². The maximum atomic E-state index is 3.65. The summed E-state index contributed by atoms with van der Waals surface area (Å²) in [5, 5.41) is 0. The van der Waals surface area contributed by atoms with Gasteiger partial charge in [0.1, 0.15) is 0 Å². The van der Waals surface area contributed by atoms with Crippen molar-refractivity contribution in [2.24, 2.45) is 0 Å². The fraction of sp³-hybridized carbons (Fsp3) is 0.500. The highest BCUT2D eigenvalue weighted by Gasteiger charge is 1.76. The summed E-state index contributed by atoms with van der Waals surface area (Å²) in [5.41, 5.74) is 0. The molecule has 0 aromatic carbocycles.